The summed E-state index contributed by atoms with van der Waals surface area (Å²) in [4.78, 5) is 8.26. The minimum absolute atomic E-state index is 0.445. The molecular formula is C10H12N4O2. The van der Waals surface area contributed by atoms with Gasteiger partial charge < -0.3 is 14.6 Å². The van der Waals surface area contributed by atoms with E-state index < -0.39 is 0 Å². The second kappa shape index (κ2) is 4.61. The Kier molecular flexibility index (Phi) is 3.00. The molecule has 0 fully saturated rings. The largest absolute Gasteiger partial charge is 0.481 e. The third-order valence-electron chi connectivity index (χ3n) is 1.92. The van der Waals surface area contributed by atoms with Crippen LogP contribution in [-0.4, -0.2) is 22.2 Å². The Labute approximate surface area is 92.7 Å². The van der Waals surface area contributed by atoms with E-state index >= 15 is 0 Å². The molecule has 0 unspecified atom stereocenters. The summed E-state index contributed by atoms with van der Waals surface area (Å²) in [5, 5.41) is 6.75. The lowest BCUT2D eigenvalue weighted by molar-refractivity contribution is 0.379. The lowest BCUT2D eigenvalue weighted by atomic mass is 10.4. The number of anilines is 1. The van der Waals surface area contributed by atoms with Gasteiger partial charge in [-0.3, -0.25) is 0 Å². The molecule has 0 aliphatic carbocycles. The number of ether oxygens (including phenoxy) is 1. The average molecular weight is 220 g/mol. The van der Waals surface area contributed by atoms with Gasteiger partial charge >= 0.3 is 0 Å². The Morgan fingerprint density at radius 3 is 2.94 bits per heavy atom. The lowest BCUT2D eigenvalue weighted by Crippen LogP contribution is -2.02. The fourth-order valence-electron chi connectivity index (χ4n) is 1.20. The van der Waals surface area contributed by atoms with Gasteiger partial charge in [-0.2, -0.15) is 9.97 Å². The number of hydrogen-bond acceptors (Lipinski definition) is 6. The van der Waals surface area contributed by atoms with Gasteiger partial charge in [0.25, 0.3) is 0 Å². The molecule has 0 saturated heterocycles. The molecule has 6 nitrogen and oxygen atoms in total. The van der Waals surface area contributed by atoms with Crippen molar-refractivity contribution in [2.75, 3.05) is 12.4 Å². The van der Waals surface area contributed by atoms with Crippen molar-refractivity contribution >= 4 is 5.82 Å². The Morgan fingerprint density at radius 1 is 1.38 bits per heavy atom. The maximum Gasteiger partial charge on any atom is 0.245 e. The van der Waals surface area contributed by atoms with E-state index in [1.54, 1.807) is 20.1 Å². The van der Waals surface area contributed by atoms with Crippen molar-refractivity contribution in [1.82, 2.24) is 15.1 Å². The highest BCUT2D eigenvalue weighted by Crippen LogP contribution is 2.11. The van der Waals surface area contributed by atoms with Crippen LogP contribution in [0.15, 0.2) is 22.7 Å². The first-order valence-electron chi connectivity index (χ1n) is 4.82. The number of rotatable bonds is 4. The predicted molar refractivity (Wildman–Crippen MR) is 57.2 cm³/mol. The average Bonchev–Trinajstić information content (AvgIpc) is 2.73. The first kappa shape index (κ1) is 10.4. The number of pyridine rings is 1. The number of nitrogens with one attached hydrogen (secondary N) is 1. The molecule has 2 aromatic rings. The maximum atomic E-state index is 5.01. The molecule has 0 atom stereocenters. The van der Waals surface area contributed by atoms with Crippen molar-refractivity contribution in [3.8, 4) is 5.88 Å². The third kappa shape index (κ3) is 2.47. The van der Waals surface area contributed by atoms with E-state index in [4.69, 9.17) is 9.26 Å². The van der Waals surface area contributed by atoms with Crippen LogP contribution in [0.5, 0.6) is 5.88 Å². The van der Waals surface area contributed by atoms with Gasteiger partial charge in [0.15, 0.2) is 5.82 Å². The summed E-state index contributed by atoms with van der Waals surface area (Å²) in [6.45, 7) is 2.22. The van der Waals surface area contributed by atoms with Crippen molar-refractivity contribution in [2.45, 2.75) is 13.5 Å². The van der Waals surface area contributed by atoms with Crippen LogP contribution in [0.4, 0.5) is 5.82 Å². The van der Waals surface area contributed by atoms with Crippen LogP contribution in [0, 0.1) is 6.92 Å². The van der Waals surface area contributed by atoms with Gasteiger partial charge in [-0.1, -0.05) is 11.2 Å². The van der Waals surface area contributed by atoms with Crippen LogP contribution in [0.2, 0.25) is 0 Å². The summed E-state index contributed by atoms with van der Waals surface area (Å²) < 4.78 is 9.97. The van der Waals surface area contributed by atoms with Crippen LogP contribution in [0.1, 0.15) is 11.7 Å². The molecule has 2 aromatic heterocycles. The molecule has 2 rings (SSSR count). The summed E-state index contributed by atoms with van der Waals surface area (Å²) >= 11 is 0. The van der Waals surface area contributed by atoms with Crippen molar-refractivity contribution in [3.63, 3.8) is 0 Å². The Bertz CT molecular complexity index is 469. The van der Waals surface area contributed by atoms with Crippen LogP contribution >= 0.6 is 0 Å². The second-order valence-corrected chi connectivity index (χ2v) is 3.15. The third-order valence-corrected chi connectivity index (χ3v) is 1.92. The Balaban J connectivity index is 1.99. The Morgan fingerprint density at radius 2 is 2.25 bits per heavy atom. The van der Waals surface area contributed by atoms with Crippen molar-refractivity contribution in [3.05, 3.63) is 29.9 Å². The van der Waals surface area contributed by atoms with Crippen LogP contribution in [0.3, 0.4) is 0 Å². The number of nitrogens with zero attached hydrogens (tertiary/aromatic N) is 3. The van der Waals surface area contributed by atoms with Crippen molar-refractivity contribution in [2.24, 2.45) is 0 Å². The monoisotopic (exact) mass is 220 g/mol. The van der Waals surface area contributed by atoms with Gasteiger partial charge in [-0.25, -0.2) is 0 Å². The zero-order valence-corrected chi connectivity index (χ0v) is 9.10. The summed E-state index contributed by atoms with van der Waals surface area (Å²) in [6, 6.07) is 5.47. The first-order chi connectivity index (χ1) is 7.78. The second-order valence-electron chi connectivity index (χ2n) is 3.15. The standard InChI is InChI=1S/C10H12N4O2/c1-7-12-10(16-14-7)6-11-8-4-3-5-9(13-8)15-2/h3-5H,6H2,1-2H3,(H,11,13). The molecule has 2 heterocycles. The van der Waals surface area contributed by atoms with E-state index in [0.29, 0.717) is 30.0 Å². The molecule has 0 aliphatic rings. The highest BCUT2D eigenvalue weighted by molar-refractivity contribution is 5.36. The summed E-state index contributed by atoms with van der Waals surface area (Å²) in [5.41, 5.74) is 0. The van der Waals surface area contributed by atoms with Crippen LogP contribution in [0.25, 0.3) is 0 Å². The molecule has 0 amide bonds. The van der Waals surface area contributed by atoms with Crippen molar-refractivity contribution in [1.29, 1.82) is 0 Å². The molecule has 84 valence electrons. The van der Waals surface area contributed by atoms with Gasteiger partial charge in [-0.15, -0.1) is 0 Å². The fraction of sp³-hybridized carbons (Fsp3) is 0.300. The van der Waals surface area contributed by atoms with E-state index in [1.807, 2.05) is 12.1 Å². The number of aryl methyl sites for hydroxylation is 1. The number of aromatic nitrogens is 3. The quantitative estimate of drug-likeness (QED) is 0.839. The van der Waals surface area contributed by atoms with Crippen molar-refractivity contribution < 1.29 is 9.26 Å². The SMILES string of the molecule is COc1cccc(NCc2nc(C)no2)n1. The molecule has 0 radical (unpaired) electrons. The van der Waals surface area contributed by atoms with E-state index in [0.717, 1.165) is 0 Å². The first-order valence-corrected chi connectivity index (χ1v) is 4.82. The zero-order chi connectivity index (χ0) is 11.4. The normalized spacial score (nSPS) is 10.1. The van der Waals surface area contributed by atoms with E-state index in [2.05, 4.69) is 20.4 Å². The topological polar surface area (TPSA) is 73.1 Å². The molecule has 0 bridgehead atoms. The Hall–Kier alpha value is -2.11. The van der Waals surface area contributed by atoms with Gasteiger partial charge in [0.1, 0.15) is 5.82 Å². The van der Waals surface area contributed by atoms with Crippen LogP contribution < -0.4 is 10.1 Å². The van der Waals surface area contributed by atoms with Gasteiger partial charge in [0.2, 0.25) is 11.8 Å². The molecule has 0 aromatic carbocycles. The van der Waals surface area contributed by atoms with E-state index in [9.17, 15) is 0 Å². The minimum atomic E-state index is 0.445. The molecule has 0 spiro atoms. The maximum absolute atomic E-state index is 5.01. The van der Waals surface area contributed by atoms with Gasteiger partial charge in [0, 0.05) is 6.07 Å². The minimum Gasteiger partial charge on any atom is -0.481 e. The molecule has 1 N–H and O–H groups in total. The fourth-order valence-corrected chi connectivity index (χ4v) is 1.20. The molecule has 16 heavy (non-hydrogen) atoms. The molecule has 0 saturated carbocycles. The molecule has 6 heteroatoms. The highest BCUT2D eigenvalue weighted by atomic mass is 16.5. The number of methoxy groups -OCH3 is 1. The number of hydrogen-bond donors (Lipinski definition) is 1. The molecular weight excluding hydrogens is 208 g/mol. The predicted octanol–water partition coefficient (Wildman–Crippen LogP) is 1.39. The van der Waals surface area contributed by atoms with Gasteiger partial charge in [-0.05, 0) is 13.0 Å². The zero-order valence-electron chi connectivity index (χ0n) is 9.10. The summed E-state index contributed by atoms with van der Waals surface area (Å²) in [5.74, 6) is 2.42. The van der Waals surface area contributed by atoms with E-state index in [-0.39, 0.29) is 0 Å². The van der Waals surface area contributed by atoms with Crippen LogP contribution in [-0.2, 0) is 6.54 Å². The lowest BCUT2D eigenvalue weighted by Gasteiger charge is -2.03. The smallest absolute Gasteiger partial charge is 0.245 e. The molecule has 0 aliphatic heterocycles. The van der Waals surface area contributed by atoms with E-state index in [1.165, 1.54) is 0 Å². The summed E-state index contributed by atoms with van der Waals surface area (Å²) in [7, 11) is 1.58. The van der Waals surface area contributed by atoms with Gasteiger partial charge in [0.05, 0.1) is 13.7 Å². The highest BCUT2D eigenvalue weighted by Gasteiger charge is 2.03. The summed E-state index contributed by atoms with van der Waals surface area (Å²) in [6.07, 6.45) is 0.